The highest BCUT2D eigenvalue weighted by Gasteiger charge is 2.16. The number of benzene rings is 1. The highest BCUT2D eigenvalue weighted by Crippen LogP contribution is 2.27. The molecule has 0 saturated carbocycles. The van der Waals surface area contributed by atoms with E-state index in [-0.39, 0.29) is 18.2 Å². The summed E-state index contributed by atoms with van der Waals surface area (Å²) >= 11 is 0. The lowest BCUT2D eigenvalue weighted by Gasteiger charge is -2.12. The summed E-state index contributed by atoms with van der Waals surface area (Å²) in [4.78, 5) is 11.7. The Balaban J connectivity index is 1.62. The molecule has 0 bridgehead atoms. The van der Waals surface area contributed by atoms with Crippen LogP contribution in [0, 0.1) is 0 Å². The molecule has 0 unspecified atom stereocenters. The molecule has 1 aromatic heterocycles. The van der Waals surface area contributed by atoms with Gasteiger partial charge in [-0.15, -0.1) is 0 Å². The van der Waals surface area contributed by atoms with Crippen LogP contribution >= 0.6 is 0 Å². The number of ether oxygens (including phenoxy) is 1. The average molecular weight is 273 g/mol. The zero-order valence-electron chi connectivity index (χ0n) is 10.8. The van der Waals surface area contributed by atoms with Gasteiger partial charge in [-0.05, 0) is 35.4 Å². The van der Waals surface area contributed by atoms with E-state index in [2.05, 4.69) is 5.32 Å². The number of hydrogen-bond acceptors (Lipinski definition) is 4. The number of fused-ring (bicyclic) bond motifs is 1. The Labute approximate surface area is 116 Å². The van der Waals surface area contributed by atoms with Gasteiger partial charge in [-0.3, -0.25) is 4.79 Å². The number of amides is 1. The molecule has 1 atom stereocenters. The van der Waals surface area contributed by atoms with Crippen molar-refractivity contribution < 1.29 is 19.1 Å². The van der Waals surface area contributed by atoms with Crippen molar-refractivity contribution in [3.63, 3.8) is 0 Å². The topological polar surface area (TPSA) is 71.7 Å². The fourth-order valence-corrected chi connectivity index (χ4v) is 2.22. The second-order valence-electron chi connectivity index (χ2n) is 4.67. The molecule has 1 aliphatic rings. The monoisotopic (exact) mass is 273 g/mol. The summed E-state index contributed by atoms with van der Waals surface area (Å²) in [5, 5.41) is 12.7. The number of aliphatic hydroxyl groups is 1. The van der Waals surface area contributed by atoms with Gasteiger partial charge in [-0.2, -0.15) is 0 Å². The number of nitrogens with one attached hydrogen (secondary N) is 1. The van der Waals surface area contributed by atoms with E-state index in [0.717, 1.165) is 23.3 Å². The van der Waals surface area contributed by atoms with Crippen LogP contribution < -0.4 is 10.1 Å². The van der Waals surface area contributed by atoms with Gasteiger partial charge in [-0.25, -0.2) is 0 Å². The Morgan fingerprint density at radius 1 is 1.40 bits per heavy atom. The lowest BCUT2D eigenvalue weighted by atomic mass is 10.0. The smallest absolute Gasteiger partial charge is 0.287 e. The molecule has 5 nitrogen and oxygen atoms in total. The van der Waals surface area contributed by atoms with Crippen LogP contribution in [0.5, 0.6) is 5.75 Å². The maximum Gasteiger partial charge on any atom is 0.287 e. The number of rotatable bonds is 4. The van der Waals surface area contributed by atoms with Gasteiger partial charge < -0.3 is 19.6 Å². The van der Waals surface area contributed by atoms with Crippen molar-refractivity contribution in [2.75, 3.05) is 13.2 Å². The fourth-order valence-electron chi connectivity index (χ4n) is 2.22. The van der Waals surface area contributed by atoms with E-state index in [0.29, 0.717) is 6.61 Å². The highest BCUT2D eigenvalue weighted by atomic mass is 16.5. The lowest BCUT2D eigenvalue weighted by Crippen LogP contribution is -2.28. The summed E-state index contributed by atoms with van der Waals surface area (Å²) in [5.74, 6) is 0.777. The maximum atomic E-state index is 11.7. The largest absolute Gasteiger partial charge is 0.493 e. The third kappa shape index (κ3) is 2.53. The van der Waals surface area contributed by atoms with E-state index < -0.39 is 6.10 Å². The lowest BCUT2D eigenvalue weighted by molar-refractivity contribution is 0.0889. The van der Waals surface area contributed by atoms with Crippen molar-refractivity contribution in [3.8, 4) is 5.75 Å². The number of hydrogen-bond donors (Lipinski definition) is 2. The van der Waals surface area contributed by atoms with Crippen LogP contribution in [0.2, 0.25) is 0 Å². The first-order chi connectivity index (χ1) is 9.74. The van der Waals surface area contributed by atoms with Crippen molar-refractivity contribution in [1.29, 1.82) is 0 Å². The number of carbonyl (C=O) groups excluding carboxylic acids is 1. The molecule has 2 N–H and O–H groups in total. The van der Waals surface area contributed by atoms with Crippen LogP contribution in [0.3, 0.4) is 0 Å². The average Bonchev–Trinajstić information content (AvgIpc) is 3.13. The van der Waals surface area contributed by atoms with Gasteiger partial charge >= 0.3 is 0 Å². The van der Waals surface area contributed by atoms with Gasteiger partial charge in [0.05, 0.1) is 19.0 Å². The number of carbonyl (C=O) groups is 1. The summed E-state index contributed by atoms with van der Waals surface area (Å²) in [6.45, 7) is 0.823. The van der Waals surface area contributed by atoms with Crippen molar-refractivity contribution in [2.24, 2.45) is 0 Å². The predicted octanol–water partition coefficient (Wildman–Crippen LogP) is 1.68. The van der Waals surface area contributed by atoms with E-state index in [9.17, 15) is 9.90 Å². The molecule has 3 rings (SSSR count). The van der Waals surface area contributed by atoms with Crippen LogP contribution in [-0.2, 0) is 6.42 Å². The third-order valence-electron chi connectivity index (χ3n) is 3.30. The fraction of sp³-hybridized carbons (Fsp3) is 0.267. The molecule has 5 heteroatoms. The zero-order chi connectivity index (χ0) is 13.9. The van der Waals surface area contributed by atoms with Crippen molar-refractivity contribution in [1.82, 2.24) is 5.32 Å². The third-order valence-corrected chi connectivity index (χ3v) is 3.30. The Kier molecular flexibility index (Phi) is 3.43. The molecule has 1 aromatic carbocycles. The van der Waals surface area contributed by atoms with Crippen LogP contribution in [0.25, 0.3) is 0 Å². The summed E-state index contributed by atoms with van der Waals surface area (Å²) in [7, 11) is 0. The summed E-state index contributed by atoms with van der Waals surface area (Å²) < 4.78 is 10.4. The summed E-state index contributed by atoms with van der Waals surface area (Å²) in [6.07, 6.45) is 1.54. The minimum atomic E-state index is -0.750. The molecule has 2 aromatic rings. The molecule has 1 aliphatic heterocycles. The molecule has 0 aliphatic carbocycles. The Hall–Kier alpha value is -2.27. The first-order valence-corrected chi connectivity index (χ1v) is 6.49. The second-order valence-corrected chi connectivity index (χ2v) is 4.67. The van der Waals surface area contributed by atoms with Gasteiger partial charge in [0.2, 0.25) is 0 Å². The Morgan fingerprint density at radius 2 is 2.30 bits per heavy atom. The quantitative estimate of drug-likeness (QED) is 0.889. The molecule has 1 amide bonds. The Morgan fingerprint density at radius 3 is 3.10 bits per heavy atom. The van der Waals surface area contributed by atoms with Gasteiger partial charge in [0, 0.05) is 13.0 Å². The van der Waals surface area contributed by atoms with E-state index in [4.69, 9.17) is 9.15 Å². The van der Waals surface area contributed by atoms with E-state index >= 15 is 0 Å². The van der Waals surface area contributed by atoms with E-state index in [1.54, 1.807) is 12.1 Å². The molecular weight excluding hydrogens is 258 g/mol. The van der Waals surface area contributed by atoms with E-state index in [1.165, 1.54) is 6.26 Å². The number of furan rings is 1. The summed E-state index contributed by atoms with van der Waals surface area (Å²) in [5.41, 5.74) is 1.87. The van der Waals surface area contributed by atoms with Crippen molar-refractivity contribution in [2.45, 2.75) is 12.5 Å². The minimum Gasteiger partial charge on any atom is -0.493 e. The van der Waals surface area contributed by atoms with Crippen LogP contribution in [0.15, 0.2) is 41.0 Å². The van der Waals surface area contributed by atoms with Crippen molar-refractivity contribution >= 4 is 5.91 Å². The normalized spacial score (nSPS) is 14.4. The first kappa shape index (κ1) is 12.7. The Bertz CT molecular complexity index is 606. The first-order valence-electron chi connectivity index (χ1n) is 6.49. The van der Waals surface area contributed by atoms with Gasteiger partial charge in [0.25, 0.3) is 5.91 Å². The van der Waals surface area contributed by atoms with Gasteiger partial charge in [0.1, 0.15) is 5.75 Å². The molecule has 0 radical (unpaired) electrons. The standard InChI is InChI=1S/C15H15NO4/c17-12(9-16-15(18)14-2-1-6-19-14)10-3-4-13-11(8-10)5-7-20-13/h1-4,6,8,12,17H,5,7,9H2,(H,16,18)/t12-/m1/s1. The minimum absolute atomic E-state index is 0.138. The highest BCUT2D eigenvalue weighted by molar-refractivity contribution is 5.91. The summed E-state index contributed by atoms with van der Waals surface area (Å²) in [6, 6.07) is 8.81. The van der Waals surface area contributed by atoms with Gasteiger partial charge in [0.15, 0.2) is 5.76 Å². The molecule has 2 heterocycles. The second kappa shape index (κ2) is 5.38. The number of aliphatic hydroxyl groups excluding tert-OH is 1. The molecule has 0 spiro atoms. The van der Waals surface area contributed by atoms with Crippen LogP contribution in [-0.4, -0.2) is 24.2 Å². The molecular formula is C15H15NO4. The maximum absolute atomic E-state index is 11.7. The van der Waals surface area contributed by atoms with Gasteiger partial charge in [-0.1, -0.05) is 6.07 Å². The predicted molar refractivity (Wildman–Crippen MR) is 71.6 cm³/mol. The van der Waals surface area contributed by atoms with Crippen molar-refractivity contribution in [3.05, 3.63) is 53.5 Å². The van der Waals surface area contributed by atoms with E-state index in [1.807, 2.05) is 18.2 Å². The molecule has 20 heavy (non-hydrogen) atoms. The van der Waals surface area contributed by atoms with Crippen LogP contribution in [0.1, 0.15) is 27.8 Å². The SMILES string of the molecule is O=C(NC[C@@H](O)c1ccc2c(c1)CCO2)c1ccco1. The van der Waals surface area contributed by atoms with Crippen LogP contribution in [0.4, 0.5) is 0 Å². The molecule has 0 fully saturated rings. The zero-order valence-corrected chi connectivity index (χ0v) is 10.8. The molecule has 0 saturated heterocycles. The molecule has 104 valence electrons.